The normalized spacial score (nSPS) is 32.3. The lowest BCUT2D eigenvalue weighted by atomic mass is 9.85. The third kappa shape index (κ3) is 2.45. The smallest absolute Gasteiger partial charge is 0.449 e. The number of carbonyl (C=O) groups excluding carboxylic acids is 1. The van der Waals surface area contributed by atoms with E-state index < -0.39 is 12.1 Å². The fraction of sp³-hybridized carbons (Fsp3) is 0.778. The average molecular weight is 202 g/mol. The summed E-state index contributed by atoms with van der Waals surface area (Å²) in [6.07, 6.45) is -1.05. The molecule has 3 atom stereocenters. The van der Waals surface area contributed by atoms with Crippen LogP contribution in [0.15, 0.2) is 0 Å². The molecular formula is C9H14O5. The summed E-state index contributed by atoms with van der Waals surface area (Å²) in [4.78, 5) is 21.5. The molecule has 0 amide bonds. The van der Waals surface area contributed by atoms with E-state index in [1.54, 1.807) is 0 Å². The highest BCUT2D eigenvalue weighted by Crippen LogP contribution is 2.27. The van der Waals surface area contributed by atoms with Crippen LogP contribution in [0.25, 0.3) is 0 Å². The van der Waals surface area contributed by atoms with Gasteiger partial charge in [0.05, 0.1) is 12.0 Å². The van der Waals surface area contributed by atoms with Gasteiger partial charge in [-0.25, -0.2) is 4.79 Å². The van der Waals surface area contributed by atoms with Crippen LogP contribution in [0.5, 0.6) is 0 Å². The second-order valence-electron chi connectivity index (χ2n) is 3.52. The minimum absolute atomic E-state index is 0.00407. The fourth-order valence-corrected chi connectivity index (χ4v) is 1.62. The van der Waals surface area contributed by atoms with Crippen molar-refractivity contribution in [2.75, 3.05) is 6.61 Å². The molecule has 1 N–H and O–H groups in total. The lowest BCUT2D eigenvalue weighted by Gasteiger charge is -2.31. The number of rotatable bonds is 1. The molecular weight excluding hydrogens is 188 g/mol. The van der Waals surface area contributed by atoms with Gasteiger partial charge in [-0.2, -0.15) is 0 Å². The first-order chi connectivity index (χ1) is 6.52. The highest BCUT2D eigenvalue weighted by atomic mass is 16.7. The molecule has 14 heavy (non-hydrogen) atoms. The van der Waals surface area contributed by atoms with Crippen LogP contribution < -0.4 is 0 Å². The predicted octanol–water partition coefficient (Wildman–Crippen LogP) is 1.27. The van der Waals surface area contributed by atoms with Crippen molar-refractivity contribution < 1.29 is 24.2 Å². The van der Waals surface area contributed by atoms with E-state index in [1.165, 1.54) is 0 Å². The molecule has 0 saturated carbocycles. The van der Waals surface area contributed by atoms with E-state index in [2.05, 4.69) is 4.74 Å². The van der Waals surface area contributed by atoms with E-state index >= 15 is 0 Å². The summed E-state index contributed by atoms with van der Waals surface area (Å²) in [6.45, 7) is 4.20. The first-order valence-corrected chi connectivity index (χ1v) is 4.58. The molecule has 0 aromatic carbocycles. The van der Waals surface area contributed by atoms with Gasteiger partial charge in [-0.3, -0.25) is 4.79 Å². The van der Waals surface area contributed by atoms with Crippen molar-refractivity contribution in [3.05, 3.63) is 0 Å². The molecule has 0 aromatic rings. The lowest BCUT2D eigenvalue weighted by Crippen LogP contribution is -2.38. The van der Waals surface area contributed by atoms with Crippen molar-refractivity contribution in [1.82, 2.24) is 0 Å². The minimum Gasteiger partial charge on any atom is -0.449 e. The van der Waals surface area contributed by atoms with E-state index in [-0.39, 0.29) is 17.9 Å². The van der Waals surface area contributed by atoms with E-state index in [0.29, 0.717) is 13.0 Å². The van der Waals surface area contributed by atoms with Gasteiger partial charge in [-0.15, -0.1) is 0 Å². The van der Waals surface area contributed by atoms with E-state index in [9.17, 15) is 9.59 Å². The van der Waals surface area contributed by atoms with Crippen LogP contribution in [0.1, 0.15) is 20.3 Å². The van der Waals surface area contributed by atoms with Crippen molar-refractivity contribution in [2.24, 2.45) is 11.8 Å². The first-order valence-electron chi connectivity index (χ1n) is 4.58. The van der Waals surface area contributed by atoms with Crippen molar-refractivity contribution in [2.45, 2.75) is 26.4 Å². The Morgan fingerprint density at radius 2 is 2.07 bits per heavy atom. The Balaban J connectivity index is 2.57. The summed E-state index contributed by atoms with van der Waals surface area (Å²) in [5.74, 6) is -1.04. The summed E-state index contributed by atoms with van der Waals surface area (Å²) in [6, 6.07) is 0. The molecule has 1 saturated heterocycles. The molecule has 1 aliphatic rings. The van der Waals surface area contributed by atoms with Gasteiger partial charge in [-0.05, 0) is 19.3 Å². The molecule has 80 valence electrons. The maximum Gasteiger partial charge on any atom is 0.513 e. The van der Waals surface area contributed by atoms with Gasteiger partial charge in [0.1, 0.15) is 0 Å². The van der Waals surface area contributed by atoms with Gasteiger partial charge in [0, 0.05) is 6.61 Å². The molecule has 5 nitrogen and oxygen atoms in total. The van der Waals surface area contributed by atoms with Gasteiger partial charge in [0.25, 0.3) is 0 Å². The van der Waals surface area contributed by atoms with Crippen molar-refractivity contribution in [3.8, 4) is 0 Å². The Kier molecular flexibility index (Phi) is 3.46. The zero-order chi connectivity index (χ0) is 10.7. The maximum atomic E-state index is 11.3. The summed E-state index contributed by atoms with van der Waals surface area (Å²) in [5, 5.41) is 8.29. The molecule has 3 unspecified atom stereocenters. The van der Waals surface area contributed by atoms with Crippen LogP contribution in [0.4, 0.5) is 4.79 Å². The van der Waals surface area contributed by atoms with Gasteiger partial charge in [-0.1, -0.05) is 6.92 Å². The van der Waals surface area contributed by atoms with Crippen molar-refractivity contribution in [3.63, 3.8) is 0 Å². The minimum atomic E-state index is -1.54. The summed E-state index contributed by atoms with van der Waals surface area (Å²) in [5.41, 5.74) is 0. The molecule has 1 aliphatic heterocycles. The Morgan fingerprint density at radius 1 is 1.43 bits per heavy atom. The van der Waals surface area contributed by atoms with E-state index in [1.807, 2.05) is 13.8 Å². The van der Waals surface area contributed by atoms with Crippen LogP contribution in [0.3, 0.4) is 0 Å². The first kappa shape index (κ1) is 11.0. The number of hydrogen-bond donors (Lipinski definition) is 1. The molecule has 0 aliphatic carbocycles. The SMILES string of the molecule is CC1OCCC(C(=O)OC(=O)O)C1C. The van der Waals surface area contributed by atoms with E-state index in [4.69, 9.17) is 9.84 Å². The number of esters is 1. The molecule has 5 heteroatoms. The molecule has 1 fully saturated rings. The molecule has 0 spiro atoms. The van der Waals surface area contributed by atoms with Gasteiger partial charge in [0.2, 0.25) is 0 Å². The summed E-state index contributed by atoms with van der Waals surface area (Å²) < 4.78 is 9.45. The molecule has 0 radical (unpaired) electrons. The molecule has 1 heterocycles. The zero-order valence-electron chi connectivity index (χ0n) is 8.23. The number of ether oxygens (including phenoxy) is 2. The Morgan fingerprint density at radius 3 is 2.64 bits per heavy atom. The topological polar surface area (TPSA) is 72.8 Å². The quantitative estimate of drug-likeness (QED) is 0.512. The van der Waals surface area contributed by atoms with Crippen molar-refractivity contribution in [1.29, 1.82) is 0 Å². The Hall–Kier alpha value is -1.10. The molecule has 1 rings (SSSR count). The highest BCUT2D eigenvalue weighted by molar-refractivity contribution is 5.82. The van der Waals surface area contributed by atoms with Gasteiger partial charge < -0.3 is 14.6 Å². The molecule has 0 aromatic heterocycles. The second kappa shape index (κ2) is 4.41. The maximum absolute atomic E-state index is 11.3. The van der Waals surface area contributed by atoms with Crippen LogP contribution in [-0.2, 0) is 14.3 Å². The Bertz CT molecular complexity index is 237. The van der Waals surface area contributed by atoms with Crippen LogP contribution >= 0.6 is 0 Å². The van der Waals surface area contributed by atoms with Crippen LogP contribution in [0, 0.1) is 11.8 Å². The highest BCUT2D eigenvalue weighted by Gasteiger charge is 2.35. The standard InChI is InChI=1S/C9H14O5/c1-5-6(2)13-4-3-7(5)8(10)14-9(11)12/h5-7H,3-4H2,1-2H3,(H,11,12). The van der Waals surface area contributed by atoms with Crippen LogP contribution in [0.2, 0.25) is 0 Å². The monoisotopic (exact) mass is 202 g/mol. The zero-order valence-corrected chi connectivity index (χ0v) is 8.23. The third-order valence-corrected chi connectivity index (χ3v) is 2.68. The fourth-order valence-electron chi connectivity index (χ4n) is 1.62. The van der Waals surface area contributed by atoms with Gasteiger partial charge >= 0.3 is 12.1 Å². The number of carboxylic acid groups (broad SMARTS) is 1. The third-order valence-electron chi connectivity index (χ3n) is 2.68. The predicted molar refractivity (Wildman–Crippen MR) is 46.8 cm³/mol. The second-order valence-corrected chi connectivity index (χ2v) is 3.52. The summed E-state index contributed by atoms with van der Waals surface area (Å²) in [7, 11) is 0. The average Bonchev–Trinajstić information content (AvgIpc) is 2.08. The van der Waals surface area contributed by atoms with Gasteiger partial charge in [0.15, 0.2) is 0 Å². The van der Waals surface area contributed by atoms with Crippen LogP contribution in [-0.4, -0.2) is 29.9 Å². The largest absolute Gasteiger partial charge is 0.513 e. The van der Waals surface area contributed by atoms with E-state index in [0.717, 1.165) is 0 Å². The Labute approximate surface area is 82.0 Å². The number of hydrogen-bond acceptors (Lipinski definition) is 4. The number of carbonyl (C=O) groups is 2. The lowest BCUT2D eigenvalue weighted by molar-refractivity contribution is -0.153. The summed E-state index contributed by atoms with van der Waals surface area (Å²) >= 11 is 0. The van der Waals surface area contributed by atoms with Crippen molar-refractivity contribution >= 4 is 12.1 Å². The molecule has 0 bridgehead atoms.